The fourth-order valence-electron chi connectivity index (χ4n) is 4.45. The molecule has 2 saturated heterocycles. The van der Waals surface area contributed by atoms with Crippen molar-refractivity contribution in [3.05, 3.63) is 34.9 Å². The number of benzene rings is 1. The summed E-state index contributed by atoms with van der Waals surface area (Å²) < 4.78 is 0. The first-order valence-electron chi connectivity index (χ1n) is 11.7. The maximum absolute atomic E-state index is 12.2. The maximum Gasteiger partial charge on any atom is 0.225 e. The zero-order chi connectivity index (χ0) is 22.2. The standard InChI is InChI=1S/C24H38ClN5O/c1-18(2)23(31)30-14-10-21(11-15-30)28-24(26-3)27-16-19-8-12-29(13-9-19)17-20-6-4-5-7-22(20)25/h4-7,18-19,21H,8-17H2,1-3H3,(H2,26,27,28). The van der Waals surface area contributed by atoms with Crippen LogP contribution in [0.25, 0.3) is 0 Å². The molecular weight excluding hydrogens is 410 g/mol. The molecule has 2 fully saturated rings. The SMILES string of the molecule is CN=C(NCC1CCN(Cc2ccccc2Cl)CC1)NC1CCN(C(=O)C(C)C)CC1. The predicted octanol–water partition coefficient (Wildman–Crippen LogP) is 3.36. The molecule has 2 N–H and O–H groups in total. The number of likely N-dealkylation sites (tertiary alicyclic amines) is 2. The Morgan fingerprint density at radius 3 is 2.42 bits per heavy atom. The molecule has 0 atom stereocenters. The third kappa shape index (κ3) is 7.11. The van der Waals surface area contributed by atoms with Gasteiger partial charge in [-0.2, -0.15) is 0 Å². The van der Waals surface area contributed by atoms with Crippen molar-refractivity contribution in [3.63, 3.8) is 0 Å². The molecule has 1 amide bonds. The van der Waals surface area contributed by atoms with Crippen molar-refractivity contribution in [2.75, 3.05) is 39.8 Å². The van der Waals surface area contributed by atoms with E-state index in [1.807, 2.05) is 37.9 Å². The Kier molecular flexibility index (Phi) is 9.02. The zero-order valence-electron chi connectivity index (χ0n) is 19.2. The lowest BCUT2D eigenvalue weighted by Gasteiger charge is -2.35. The molecule has 7 heteroatoms. The van der Waals surface area contributed by atoms with E-state index in [2.05, 4.69) is 32.7 Å². The van der Waals surface area contributed by atoms with Crippen LogP contribution in [0.2, 0.25) is 5.02 Å². The van der Waals surface area contributed by atoms with Crippen molar-refractivity contribution in [2.45, 2.75) is 52.1 Å². The smallest absolute Gasteiger partial charge is 0.225 e. The average Bonchev–Trinajstić information content (AvgIpc) is 2.79. The molecule has 3 rings (SSSR count). The van der Waals surface area contributed by atoms with E-state index < -0.39 is 0 Å². The van der Waals surface area contributed by atoms with E-state index in [0.29, 0.717) is 12.0 Å². The van der Waals surface area contributed by atoms with Gasteiger partial charge in [0.05, 0.1) is 0 Å². The van der Waals surface area contributed by atoms with Gasteiger partial charge >= 0.3 is 0 Å². The van der Waals surface area contributed by atoms with Crippen LogP contribution in [-0.2, 0) is 11.3 Å². The summed E-state index contributed by atoms with van der Waals surface area (Å²) in [4.78, 5) is 21.1. The van der Waals surface area contributed by atoms with Gasteiger partial charge in [-0.15, -0.1) is 0 Å². The molecule has 0 aliphatic carbocycles. The monoisotopic (exact) mass is 447 g/mol. The topological polar surface area (TPSA) is 60.0 Å². The highest BCUT2D eigenvalue weighted by Crippen LogP contribution is 2.22. The highest BCUT2D eigenvalue weighted by Gasteiger charge is 2.25. The van der Waals surface area contributed by atoms with Crippen LogP contribution in [0.4, 0.5) is 0 Å². The number of piperidine rings is 2. The molecule has 0 saturated carbocycles. The van der Waals surface area contributed by atoms with Crippen LogP contribution in [-0.4, -0.2) is 67.5 Å². The molecule has 1 aromatic rings. The normalized spacial score (nSPS) is 19.6. The Balaban J connectivity index is 1.35. The number of nitrogens with one attached hydrogen (secondary N) is 2. The first-order valence-corrected chi connectivity index (χ1v) is 12.1. The third-order valence-corrected chi connectivity index (χ3v) is 6.85. The van der Waals surface area contributed by atoms with E-state index in [1.54, 1.807) is 0 Å². The summed E-state index contributed by atoms with van der Waals surface area (Å²) in [5.41, 5.74) is 1.21. The number of halogens is 1. The maximum atomic E-state index is 12.2. The van der Waals surface area contributed by atoms with E-state index in [9.17, 15) is 4.79 Å². The van der Waals surface area contributed by atoms with Gasteiger partial charge in [0.25, 0.3) is 0 Å². The van der Waals surface area contributed by atoms with Gasteiger partial charge in [0.1, 0.15) is 0 Å². The zero-order valence-corrected chi connectivity index (χ0v) is 20.0. The van der Waals surface area contributed by atoms with Crippen molar-refractivity contribution in [1.29, 1.82) is 0 Å². The second kappa shape index (κ2) is 11.7. The molecule has 0 radical (unpaired) electrons. The Hall–Kier alpha value is -1.79. The number of rotatable bonds is 6. The Bertz CT molecular complexity index is 737. The number of carbonyl (C=O) groups excluding carboxylic acids is 1. The Morgan fingerprint density at radius 1 is 1.13 bits per heavy atom. The lowest BCUT2D eigenvalue weighted by Crippen LogP contribution is -2.51. The Labute approximate surface area is 192 Å². The van der Waals surface area contributed by atoms with Gasteiger partial charge in [-0.1, -0.05) is 43.6 Å². The number of hydrogen-bond donors (Lipinski definition) is 2. The van der Waals surface area contributed by atoms with Crippen LogP contribution in [0.15, 0.2) is 29.3 Å². The van der Waals surface area contributed by atoms with Crippen LogP contribution >= 0.6 is 11.6 Å². The minimum Gasteiger partial charge on any atom is -0.356 e. The van der Waals surface area contributed by atoms with Crippen molar-refractivity contribution in [1.82, 2.24) is 20.4 Å². The first kappa shape index (κ1) is 23.9. The summed E-state index contributed by atoms with van der Waals surface area (Å²) in [6.45, 7) is 9.69. The molecule has 0 bridgehead atoms. The number of guanidine groups is 1. The van der Waals surface area contributed by atoms with Crippen LogP contribution in [0.3, 0.4) is 0 Å². The summed E-state index contributed by atoms with van der Waals surface area (Å²) in [6, 6.07) is 8.51. The number of hydrogen-bond acceptors (Lipinski definition) is 3. The highest BCUT2D eigenvalue weighted by atomic mass is 35.5. The number of carbonyl (C=O) groups is 1. The van der Waals surface area contributed by atoms with Gasteiger partial charge in [0, 0.05) is 50.2 Å². The molecule has 31 heavy (non-hydrogen) atoms. The fraction of sp³-hybridized carbons (Fsp3) is 0.667. The van der Waals surface area contributed by atoms with Crippen molar-refractivity contribution in [2.24, 2.45) is 16.8 Å². The molecule has 0 unspecified atom stereocenters. The van der Waals surface area contributed by atoms with Gasteiger partial charge in [-0.25, -0.2) is 0 Å². The molecule has 1 aromatic carbocycles. The van der Waals surface area contributed by atoms with Gasteiger partial charge < -0.3 is 15.5 Å². The largest absolute Gasteiger partial charge is 0.356 e. The van der Waals surface area contributed by atoms with Gasteiger partial charge in [-0.05, 0) is 56.3 Å². The minimum absolute atomic E-state index is 0.0787. The second-order valence-electron chi connectivity index (χ2n) is 9.16. The quantitative estimate of drug-likeness (QED) is 0.518. The summed E-state index contributed by atoms with van der Waals surface area (Å²) in [5, 5.41) is 7.95. The molecule has 2 aliphatic heterocycles. The predicted molar refractivity (Wildman–Crippen MR) is 128 cm³/mol. The van der Waals surface area contributed by atoms with E-state index in [1.165, 1.54) is 18.4 Å². The van der Waals surface area contributed by atoms with Gasteiger partial charge in [-0.3, -0.25) is 14.7 Å². The van der Waals surface area contributed by atoms with E-state index in [-0.39, 0.29) is 11.8 Å². The van der Waals surface area contributed by atoms with Crippen LogP contribution in [0.5, 0.6) is 0 Å². The summed E-state index contributed by atoms with van der Waals surface area (Å²) in [7, 11) is 1.83. The summed E-state index contributed by atoms with van der Waals surface area (Å²) in [5.74, 6) is 1.88. The van der Waals surface area contributed by atoms with Gasteiger partial charge in [0.15, 0.2) is 5.96 Å². The lowest BCUT2D eigenvalue weighted by atomic mass is 9.96. The highest BCUT2D eigenvalue weighted by molar-refractivity contribution is 6.31. The number of aliphatic imine (C=N–C) groups is 1. The molecule has 0 aromatic heterocycles. The van der Waals surface area contributed by atoms with Crippen molar-refractivity contribution < 1.29 is 4.79 Å². The molecular formula is C24H38ClN5O. The van der Waals surface area contributed by atoms with Crippen LogP contribution in [0.1, 0.15) is 45.1 Å². The molecule has 6 nitrogen and oxygen atoms in total. The second-order valence-corrected chi connectivity index (χ2v) is 9.57. The Morgan fingerprint density at radius 2 is 1.81 bits per heavy atom. The summed E-state index contributed by atoms with van der Waals surface area (Å²) >= 11 is 6.31. The molecule has 2 heterocycles. The minimum atomic E-state index is 0.0787. The molecule has 0 spiro atoms. The molecule has 172 valence electrons. The van der Waals surface area contributed by atoms with Crippen molar-refractivity contribution >= 4 is 23.5 Å². The van der Waals surface area contributed by atoms with E-state index >= 15 is 0 Å². The summed E-state index contributed by atoms with van der Waals surface area (Å²) in [6.07, 6.45) is 4.31. The average molecular weight is 448 g/mol. The lowest BCUT2D eigenvalue weighted by molar-refractivity contribution is -0.135. The fourth-order valence-corrected chi connectivity index (χ4v) is 4.65. The third-order valence-electron chi connectivity index (χ3n) is 6.48. The molecule has 2 aliphatic rings. The van der Waals surface area contributed by atoms with E-state index in [4.69, 9.17) is 11.6 Å². The van der Waals surface area contributed by atoms with Crippen LogP contribution in [0, 0.1) is 11.8 Å². The first-order chi connectivity index (χ1) is 15.0. The van der Waals surface area contributed by atoms with Crippen molar-refractivity contribution in [3.8, 4) is 0 Å². The number of amides is 1. The number of nitrogens with zero attached hydrogens (tertiary/aromatic N) is 3. The van der Waals surface area contributed by atoms with Crippen LogP contribution < -0.4 is 10.6 Å². The van der Waals surface area contributed by atoms with Gasteiger partial charge in [0.2, 0.25) is 5.91 Å². The van der Waals surface area contributed by atoms with E-state index in [0.717, 1.165) is 63.1 Å².